The Morgan fingerprint density at radius 3 is 2.81 bits per heavy atom. The van der Waals surface area contributed by atoms with E-state index in [0.29, 0.717) is 25.6 Å². The Kier molecular flexibility index (Phi) is 4.17. The van der Waals surface area contributed by atoms with Crippen LogP contribution in [0.5, 0.6) is 0 Å². The van der Waals surface area contributed by atoms with E-state index in [-0.39, 0.29) is 17.9 Å². The summed E-state index contributed by atoms with van der Waals surface area (Å²) in [5.41, 5.74) is 2.71. The number of halogens is 1. The monoisotopic (exact) mass is 421 g/mol. The topological polar surface area (TPSA) is 61.9 Å². The number of piperidine rings is 1. The highest BCUT2D eigenvalue weighted by Gasteiger charge is 2.45. The first kappa shape index (κ1) is 17.6. The summed E-state index contributed by atoms with van der Waals surface area (Å²) in [7, 11) is 0. The van der Waals surface area contributed by atoms with Gasteiger partial charge in [0.05, 0.1) is 11.4 Å². The van der Waals surface area contributed by atoms with E-state index in [4.69, 9.17) is 4.74 Å². The van der Waals surface area contributed by atoms with Crippen molar-refractivity contribution in [2.45, 2.75) is 51.2 Å². The van der Waals surface area contributed by atoms with E-state index in [2.05, 4.69) is 32.2 Å². The fourth-order valence-electron chi connectivity index (χ4n) is 4.31. The molecule has 1 aromatic carbocycles. The van der Waals surface area contributed by atoms with Crippen molar-refractivity contribution in [3.05, 3.63) is 22.2 Å². The average Bonchev–Trinajstić information content (AvgIpc) is 2.73. The van der Waals surface area contributed by atoms with Crippen molar-refractivity contribution in [3.8, 4) is 0 Å². The Hall–Kier alpha value is -1.76. The molecule has 26 heavy (non-hydrogen) atoms. The number of amides is 2. The molecular weight excluding hydrogens is 398 g/mol. The maximum Gasteiger partial charge on any atom is 0.410 e. The first-order valence-electron chi connectivity index (χ1n) is 9.11. The number of anilines is 2. The second-order valence-corrected chi connectivity index (χ2v) is 9.19. The summed E-state index contributed by atoms with van der Waals surface area (Å²) in [6, 6.07) is 4.43. The predicted molar refractivity (Wildman–Crippen MR) is 104 cm³/mol. The lowest BCUT2D eigenvalue weighted by molar-refractivity contribution is -0.116. The van der Waals surface area contributed by atoms with Crippen LogP contribution in [0.15, 0.2) is 16.6 Å². The minimum Gasteiger partial charge on any atom is -0.444 e. The van der Waals surface area contributed by atoms with Crippen LogP contribution in [0.1, 0.15) is 45.1 Å². The third-order valence-electron chi connectivity index (χ3n) is 5.27. The van der Waals surface area contributed by atoms with Crippen LogP contribution in [0.4, 0.5) is 16.2 Å². The first-order chi connectivity index (χ1) is 12.2. The molecular formula is C19H24BrN3O3. The van der Waals surface area contributed by atoms with E-state index in [1.54, 1.807) is 0 Å². The highest BCUT2D eigenvalue weighted by molar-refractivity contribution is 9.10. The molecule has 2 amide bonds. The fourth-order valence-corrected chi connectivity index (χ4v) is 4.78. The maximum absolute atomic E-state index is 12.5. The predicted octanol–water partition coefficient (Wildman–Crippen LogP) is 3.70. The Labute approximate surface area is 162 Å². The normalized spacial score (nSPS) is 24.5. The summed E-state index contributed by atoms with van der Waals surface area (Å²) >= 11 is 3.57. The fraction of sp³-hybridized carbons (Fsp3) is 0.579. The number of hydrogen-bond donors (Lipinski definition) is 1. The Bertz CT molecular complexity index is 774. The van der Waals surface area contributed by atoms with Crippen molar-refractivity contribution in [1.29, 1.82) is 0 Å². The molecule has 0 aromatic heterocycles. The van der Waals surface area contributed by atoms with Crippen LogP contribution in [0, 0.1) is 0 Å². The minimum atomic E-state index is -0.491. The van der Waals surface area contributed by atoms with Gasteiger partial charge in [-0.3, -0.25) is 4.79 Å². The summed E-state index contributed by atoms with van der Waals surface area (Å²) in [5, 5.41) is 3.03. The molecule has 0 unspecified atom stereocenters. The van der Waals surface area contributed by atoms with Gasteiger partial charge in [-0.15, -0.1) is 0 Å². The van der Waals surface area contributed by atoms with Gasteiger partial charge in [-0.1, -0.05) is 15.9 Å². The van der Waals surface area contributed by atoms with E-state index in [9.17, 15) is 9.59 Å². The zero-order chi connectivity index (χ0) is 18.6. The molecule has 6 nitrogen and oxygen atoms in total. The van der Waals surface area contributed by atoms with Crippen molar-refractivity contribution in [1.82, 2.24) is 4.90 Å². The third kappa shape index (κ3) is 3.06. The molecule has 0 radical (unpaired) electrons. The molecule has 7 heteroatoms. The van der Waals surface area contributed by atoms with Crippen molar-refractivity contribution >= 4 is 39.3 Å². The molecule has 140 valence electrons. The molecule has 0 spiro atoms. The number of nitrogens with zero attached hydrogens (tertiary/aromatic N) is 2. The Morgan fingerprint density at radius 1 is 1.31 bits per heavy atom. The van der Waals surface area contributed by atoms with Gasteiger partial charge in [0.25, 0.3) is 0 Å². The highest BCUT2D eigenvalue weighted by atomic mass is 79.9. The lowest BCUT2D eigenvalue weighted by atomic mass is 9.89. The van der Waals surface area contributed by atoms with Crippen LogP contribution in [-0.2, 0) is 9.53 Å². The average molecular weight is 422 g/mol. The molecule has 1 fully saturated rings. The van der Waals surface area contributed by atoms with Gasteiger partial charge >= 0.3 is 6.09 Å². The molecule has 4 rings (SSSR count). The van der Waals surface area contributed by atoms with Crippen molar-refractivity contribution in [3.63, 3.8) is 0 Å². The van der Waals surface area contributed by atoms with Crippen LogP contribution in [-0.4, -0.2) is 48.2 Å². The minimum absolute atomic E-state index is 0.0578. The zero-order valence-corrected chi connectivity index (χ0v) is 16.9. The number of benzene rings is 1. The van der Waals surface area contributed by atoms with Crippen LogP contribution in [0.2, 0.25) is 0 Å². The number of ether oxygens (including phenoxy) is 1. The number of rotatable bonds is 0. The number of carbonyl (C=O) groups is 2. The number of carbonyl (C=O) groups excluding carboxylic acids is 2. The van der Waals surface area contributed by atoms with E-state index in [0.717, 1.165) is 28.8 Å². The number of nitrogens with one attached hydrogen (secondary N) is 1. The van der Waals surface area contributed by atoms with Crippen LogP contribution < -0.4 is 10.2 Å². The van der Waals surface area contributed by atoms with Crippen molar-refractivity contribution in [2.24, 2.45) is 0 Å². The van der Waals surface area contributed by atoms with E-state index < -0.39 is 5.60 Å². The van der Waals surface area contributed by atoms with Crippen molar-refractivity contribution in [2.75, 3.05) is 29.9 Å². The summed E-state index contributed by atoms with van der Waals surface area (Å²) in [4.78, 5) is 28.8. The van der Waals surface area contributed by atoms with Gasteiger partial charge in [0.15, 0.2) is 0 Å². The summed E-state index contributed by atoms with van der Waals surface area (Å²) in [5.74, 6) is 0.292. The second kappa shape index (κ2) is 6.15. The van der Waals surface area contributed by atoms with Gasteiger partial charge in [-0.05, 0) is 44.9 Å². The lowest BCUT2D eigenvalue weighted by Crippen LogP contribution is -2.49. The van der Waals surface area contributed by atoms with Crippen molar-refractivity contribution < 1.29 is 14.3 Å². The van der Waals surface area contributed by atoms with E-state index in [1.807, 2.05) is 31.7 Å². The smallest absolute Gasteiger partial charge is 0.410 e. The molecule has 3 heterocycles. The molecule has 0 bridgehead atoms. The van der Waals surface area contributed by atoms with E-state index >= 15 is 0 Å². The number of hydrogen-bond acceptors (Lipinski definition) is 4. The molecule has 0 saturated carbocycles. The van der Waals surface area contributed by atoms with Crippen LogP contribution in [0.3, 0.4) is 0 Å². The molecule has 1 N–H and O–H groups in total. The summed E-state index contributed by atoms with van der Waals surface area (Å²) < 4.78 is 6.52. The van der Waals surface area contributed by atoms with Gasteiger partial charge < -0.3 is 19.9 Å². The standard InChI is InChI=1S/C19H24BrN3O3/c1-19(2,3)26-18(25)22-6-4-15-13(10-22)12-8-11(20)9-14-17(12)23(15)7-5-16(24)21-14/h8-9,13,15H,4-7,10H2,1-3H3,(H,21,24)/t13-,15-/m0/s1. The second-order valence-electron chi connectivity index (χ2n) is 8.27. The highest BCUT2D eigenvalue weighted by Crippen LogP contribution is 2.50. The number of likely N-dealkylation sites (tertiary alicyclic amines) is 1. The van der Waals surface area contributed by atoms with Crippen LogP contribution >= 0.6 is 15.9 Å². The lowest BCUT2D eigenvalue weighted by Gasteiger charge is -2.39. The number of fused-ring (bicyclic) bond motifs is 3. The van der Waals surface area contributed by atoms with Gasteiger partial charge in [0.2, 0.25) is 5.91 Å². The SMILES string of the molecule is CC(C)(C)OC(=O)N1CC[C@H]2[C@@H](C1)c1cc(Br)cc3c1N2CCC(=O)N3. The molecule has 2 atom stereocenters. The quantitative estimate of drug-likeness (QED) is 0.693. The Morgan fingerprint density at radius 2 is 2.08 bits per heavy atom. The molecule has 3 aliphatic heterocycles. The maximum atomic E-state index is 12.5. The third-order valence-corrected chi connectivity index (χ3v) is 5.73. The van der Waals surface area contributed by atoms with E-state index in [1.165, 1.54) is 5.56 Å². The van der Waals surface area contributed by atoms with Gasteiger partial charge in [-0.2, -0.15) is 0 Å². The molecule has 1 saturated heterocycles. The van der Waals surface area contributed by atoms with Gasteiger partial charge in [0, 0.05) is 42.5 Å². The molecule has 3 aliphatic rings. The summed E-state index contributed by atoms with van der Waals surface area (Å²) in [6.07, 6.45) is 1.13. The summed E-state index contributed by atoms with van der Waals surface area (Å²) in [6.45, 7) is 7.72. The zero-order valence-electron chi connectivity index (χ0n) is 15.3. The van der Waals surface area contributed by atoms with Crippen LogP contribution in [0.25, 0.3) is 0 Å². The molecule has 0 aliphatic carbocycles. The molecule has 1 aromatic rings. The Balaban J connectivity index is 1.66. The van der Waals surface area contributed by atoms with Gasteiger partial charge in [-0.25, -0.2) is 4.79 Å². The first-order valence-corrected chi connectivity index (χ1v) is 9.90. The van der Waals surface area contributed by atoms with Gasteiger partial charge in [0.1, 0.15) is 5.60 Å². The largest absolute Gasteiger partial charge is 0.444 e.